The van der Waals surface area contributed by atoms with Crippen LogP contribution in [-0.2, 0) is 15.9 Å². The van der Waals surface area contributed by atoms with Gasteiger partial charge in [0.15, 0.2) is 0 Å². The Hall–Kier alpha value is -2.33. The van der Waals surface area contributed by atoms with Crippen LogP contribution in [0.3, 0.4) is 0 Å². The van der Waals surface area contributed by atoms with Crippen LogP contribution in [0.4, 0.5) is 4.79 Å². The molecule has 0 aliphatic heterocycles. The number of methoxy groups -OCH3 is 1. The van der Waals surface area contributed by atoms with E-state index in [0.29, 0.717) is 12.2 Å². The van der Waals surface area contributed by atoms with Crippen LogP contribution in [0.25, 0.3) is 0 Å². The molecule has 0 spiro atoms. The lowest BCUT2D eigenvalue weighted by molar-refractivity contribution is -0.0921. The second-order valence-electron chi connectivity index (χ2n) is 4.14. The molecule has 2 aromatic carbocycles. The first-order chi connectivity index (χ1) is 9.78. The van der Waals surface area contributed by atoms with E-state index in [2.05, 4.69) is 0 Å². The van der Waals surface area contributed by atoms with Crippen LogP contribution in [0.2, 0.25) is 0 Å². The number of ether oxygens (including phenoxy) is 3. The summed E-state index contributed by atoms with van der Waals surface area (Å²) in [4.78, 5) is 11.6. The highest BCUT2D eigenvalue weighted by Crippen LogP contribution is 2.12. The standard InChI is InChI=1S/C16H16O4/c1-18-15(12-13-8-4-2-5-9-13)20-16(17)19-14-10-6-3-7-11-14/h2-11,15H,12H2,1H3. The molecule has 0 aliphatic rings. The molecule has 2 rings (SSSR count). The second kappa shape index (κ2) is 7.31. The van der Waals surface area contributed by atoms with Crippen LogP contribution < -0.4 is 4.74 Å². The van der Waals surface area contributed by atoms with E-state index in [9.17, 15) is 4.79 Å². The van der Waals surface area contributed by atoms with Crippen molar-refractivity contribution in [1.29, 1.82) is 0 Å². The molecule has 0 heterocycles. The zero-order valence-electron chi connectivity index (χ0n) is 11.2. The molecular weight excluding hydrogens is 256 g/mol. The number of para-hydroxylation sites is 1. The molecule has 0 saturated carbocycles. The molecule has 4 nitrogen and oxygen atoms in total. The number of rotatable bonds is 5. The van der Waals surface area contributed by atoms with Gasteiger partial charge in [0, 0.05) is 13.5 Å². The minimum atomic E-state index is -0.779. The van der Waals surface area contributed by atoms with Gasteiger partial charge in [0.05, 0.1) is 0 Å². The van der Waals surface area contributed by atoms with Gasteiger partial charge in [-0.3, -0.25) is 0 Å². The van der Waals surface area contributed by atoms with Crippen molar-refractivity contribution in [3.05, 3.63) is 66.2 Å². The first kappa shape index (κ1) is 14.1. The topological polar surface area (TPSA) is 44.8 Å². The maximum atomic E-state index is 11.6. The molecule has 104 valence electrons. The molecular formula is C16H16O4. The normalized spacial score (nSPS) is 11.7. The van der Waals surface area contributed by atoms with Crippen LogP contribution in [0.5, 0.6) is 5.75 Å². The predicted molar refractivity (Wildman–Crippen MR) is 74.5 cm³/mol. The van der Waals surface area contributed by atoms with Crippen LogP contribution in [0.15, 0.2) is 60.7 Å². The van der Waals surface area contributed by atoms with Gasteiger partial charge >= 0.3 is 6.16 Å². The average Bonchev–Trinajstić information content (AvgIpc) is 2.48. The van der Waals surface area contributed by atoms with Crippen molar-refractivity contribution >= 4 is 6.16 Å². The Bertz CT molecular complexity index is 525. The Morgan fingerprint density at radius 3 is 2.20 bits per heavy atom. The van der Waals surface area contributed by atoms with Gasteiger partial charge < -0.3 is 14.2 Å². The molecule has 2 aromatic rings. The summed E-state index contributed by atoms with van der Waals surface area (Å²) in [6.45, 7) is 0. The minimum absolute atomic E-state index is 0.437. The summed E-state index contributed by atoms with van der Waals surface area (Å²) in [6.07, 6.45) is -0.978. The maximum Gasteiger partial charge on any atom is 0.516 e. The summed E-state index contributed by atoms with van der Waals surface area (Å²) >= 11 is 0. The van der Waals surface area contributed by atoms with Crippen LogP contribution in [-0.4, -0.2) is 19.6 Å². The highest BCUT2D eigenvalue weighted by molar-refractivity contribution is 5.63. The Morgan fingerprint density at radius 2 is 1.60 bits per heavy atom. The van der Waals surface area contributed by atoms with Crippen molar-refractivity contribution in [2.75, 3.05) is 7.11 Å². The molecule has 0 amide bonds. The summed E-state index contributed by atoms with van der Waals surface area (Å²) in [7, 11) is 1.49. The van der Waals surface area contributed by atoms with Crippen LogP contribution in [0.1, 0.15) is 5.56 Å². The van der Waals surface area contributed by atoms with E-state index in [-0.39, 0.29) is 0 Å². The van der Waals surface area contributed by atoms with Gasteiger partial charge in [0.25, 0.3) is 0 Å². The van der Waals surface area contributed by atoms with E-state index < -0.39 is 12.4 Å². The minimum Gasteiger partial charge on any atom is -0.404 e. The molecule has 0 aromatic heterocycles. The quantitative estimate of drug-likeness (QED) is 0.475. The van der Waals surface area contributed by atoms with Crippen LogP contribution >= 0.6 is 0 Å². The summed E-state index contributed by atoms with van der Waals surface area (Å²) in [6, 6.07) is 18.4. The molecule has 0 saturated heterocycles. The fourth-order valence-corrected chi connectivity index (χ4v) is 1.70. The highest BCUT2D eigenvalue weighted by Gasteiger charge is 2.16. The third-order valence-electron chi connectivity index (χ3n) is 2.68. The van der Waals surface area contributed by atoms with Crippen molar-refractivity contribution in [1.82, 2.24) is 0 Å². The summed E-state index contributed by atoms with van der Waals surface area (Å²) in [5, 5.41) is 0. The molecule has 0 bridgehead atoms. The maximum absolute atomic E-state index is 11.6. The van der Waals surface area contributed by atoms with E-state index in [4.69, 9.17) is 14.2 Å². The fourth-order valence-electron chi connectivity index (χ4n) is 1.70. The Morgan fingerprint density at radius 1 is 1.00 bits per heavy atom. The number of hydrogen-bond acceptors (Lipinski definition) is 4. The average molecular weight is 272 g/mol. The van der Waals surface area contributed by atoms with Crippen LogP contribution in [0, 0.1) is 0 Å². The first-order valence-corrected chi connectivity index (χ1v) is 6.28. The zero-order valence-corrected chi connectivity index (χ0v) is 11.2. The lowest BCUT2D eigenvalue weighted by Crippen LogP contribution is -2.24. The third kappa shape index (κ3) is 4.40. The van der Waals surface area contributed by atoms with E-state index in [1.165, 1.54) is 7.11 Å². The third-order valence-corrected chi connectivity index (χ3v) is 2.68. The van der Waals surface area contributed by atoms with Gasteiger partial charge in [-0.2, -0.15) is 0 Å². The van der Waals surface area contributed by atoms with Crippen molar-refractivity contribution in [3.63, 3.8) is 0 Å². The Balaban J connectivity index is 1.88. The van der Waals surface area contributed by atoms with E-state index in [0.717, 1.165) is 5.56 Å². The second-order valence-corrected chi connectivity index (χ2v) is 4.14. The van der Waals surface area contributed by atoms with Gasteiger partial charge in [-0.15, -0.1) is 0 Å². The highest BCUT2D eigenvalue weighted by atomic mass is 16.8. The molecule has 0 fully saturated rings. The molecule has 4 heteroatoms. The van der Waals surface area contributed by atoms with Gasteiger partial charge in [-0.25, -0.2) is 4.79 Å². The lowest BCUT2D eigenvalue weighted by atomic mass is 10.1. The van der Waals surface area contributed by atoms with Crippen molar-refractivity contribution in [2.24, 2.45) is 0 Å². The SMILES string of the molecule is COC(Cc1ccccc1)OC(=O)Oc1ccccc1. The lowest BCUT2D eigenvalue weighted by Gasteiger charge is -2.15. The van der Waals surface area contributed by atoms with Crippen molar-refractivity contribution in [3.8, 4) is 5.75 Å². The fraction of sp³-hybridized carbons (Fsp3) is 0.188. The number of carbonyl (C=O) groups excluding carboxylic acids is 1. The number of hydrogen-bond donors (Lipinski definition) is 0. The monoisotopic (exact) mass is 272 g/mol. The van der Waals surface area contributed by atoms with E-state index in [1.54, 1.807) is 24.3 Å². The van der Waals surface area contributed by atoms with Gasteiger partial charge in [-0.1, -0.05) is 48.5 Å². The first-order valence-electron chi connectivity index (χ1n) is 6.28. The van der Waals surface area contributed by atoms with Crippen molar-refractivity contribution in [2.45, 2.75) is 12.7 Å². The van der Waals surface area contributed by atoms with E-state index >= 15 is 0 Å². The molecule has 0 radical (unpaired) electrons. The zero-order chi connectivity index (χ0) is 14.2. The largest absolute Gasteiger partial charge is 0.516 e. The Labute approximate surface area is 117 Å². The van der Waals surface area contributed by atoms with Gasteiger partial charge in [0.2, 0.25) is 6.29 Å². The molecule has 1 atom stereocenters. The number of benzene rings is 2. The van der Waals surface area contributed by atoms with Gasteiger partial charge in [-0.05, 0) is 17.7 Å². The predicted octanol–water partition coefficient (Wildman–Crippen LogP) is 3.42. The van der Waals surface area contributed by atoms with E-state index in [1.807, 2.05) is 36.4 Å². The van der Waals surface area contributed by atoms with Gasteiger partial charge in [0.1, 0.15) is 5.75 Å². The number of carbonyl (C=O) groups is 1. The smallest absolute Gasteiger partial charge is 0.404 e. The molecule has 0 aliphatic carbocycles. The summed E-state index contributed by atoms with van der Waals surface area (Å²) < 4.78 is 15.3. The molecule has 1 unspecified atom stereocenters. The van der Waals surface area contributed by atoms with Crippen molar-refractivity contribution < 1.29 is 19.0 Å². The summed E-state index contributed by atoms with van der Waals surface area (Å²) in [5.74, 6) is 0.437. The summed E-state index contributed by atoms with van der Waals surface area (Å²) in [5.41, 5.74) is 1.02. The molecule has 20 heavy (non-hydrogen) atoms. The molecule has 0 N–H and O–H groups in total. The Kier molecular flexibility index (Phi) is 5.15.